The zero-order valence-corrected chi connectivity index (χ0v) is 13.8. The predicted molar refractivity (Wildman–Crippen MR) is 86.0 cm³/mol. The Labute approximate surface area is 135 Å². The molecule has 2 aliphatic rings. The Morgan fingerprint density at radius 3 is 2.65 bits per heavy atom. The Morgan fingerprint density at radius 1 is 1.30 bits per heavy atom. The second kappa shape index (κ2) is 6.31. The van der Waals surface area contributed by atoms with E-state index < -0.39 is 15.9 Å². The van der Waals surface area contributed by atoms with Gasteiger partial charge < -0.3 is 10.1 Å². The van der Waals surface area contributed by atoms with Crippen molar-refractivity contribution < 1.29 is 17.9 Å². The molecule has 0 aromatic carbocycles. The number of hydrogen-bond donors (Lipinski definition) is 1. The van der Waals surface area contributed by atoms with Crippen LogP contribution in [0.1, 0.15) is 41.7 Å². The normalized spacial score (nSPS) is 23.1. The summed E-state index contributed by atoms with van der Waals surface area (Å²) in [7, 11) is -3.18. The van der Waals surface area contributed by atoms with Crippen LogP contribution in [0.5, 0.6) is 5.88 Å². The zero-order valence-electron chi connectivity index (χ0n) is 13.0. The fraction of sp³-hybridized carbons (Fsp3) is 0.500. The second-order valence-corrected chi connectivity index (χ2v) is 7.98. The van der Waals surface area contributed by atoms with Crippen molar-refractivity contribution in [1.29, 1.82) is 0 Å². The van der Waals surface area contributed by atoms with Crippen LogP contribution in [0.15, 0.2) is 23.6 Å². The molecule has 1 aromatic rings. The van der Waals surface area contributed by atoms with Crippen LogP contribution >= 0.6 is 0 Å². The number of rotatable bonds is 4. The standard InChI is InChI=1S/C16H20N2O4S/c1-11-14(16(19)18-12-8-9-23(20,21)10-12)6-7-15(17-11)22-13-4-2-3-5-13/h6-9,12-13H,2-5,10H2,1H3,(H,18,19). The summed E-state index contributed by atoms with van der Waals surface area (Å²) in [6.45, 7) is 1.75. The molecule has 0 bridgehead atoms. The lowest BCUT2D eigenvalue weighted by Crippen LogP contribution is -2.35. The predicted octanol–water partition coefficient (Wildman–Crippen LogP) is 1.75. The van der Waals surface area contributed by atoms with E-state index in [9.17, 15) is 13.2 Å². The fourth-order valence-electron chi connectivity index (χ4n) is 2.93. The number of nitrogens with one attached hydrogen (secondary N) is 1. The van der Waals surface area contributed by atoms with E-state index in [1.165, 1.54) is 18.9 Å². The van der Waals surface area contributed by atoms with Gasteiger partial charge >= 0.3 is 0 Å². The largest absolute Gasteiger partial charge is 0.474 e. The molecule has 1 atom stereocenters. The summed E-state index contributed by atoms with van der Waals surface area (Å²) >= 11 is 0. The van der Waals surface area contributed by atoms with Gasteiger partial charge in [0.05, 0.1) is 23.1 Å². The van der Waals surface area contributed by atoms with Crippen LogP contribution in [0.2, 0.25) is 0 Å². The first-order valence-corrected chi connectivity index (χ1v) is 9.51. The molecule has 0 spiro atoms. The molecule has 7 heteroatoms. The van der Waals surface area contributed by atoms with Crippen molar-refractivity contribution in [3.63, 3.8) is 0 Å². The molecule has 2 heterocycles. The second-order valence-electron chi connectivity index (χ2n) is 6.04. The van der Waals surface area contributed by atoms with E-state index in [2.05, 4.69) is 10.3 Å². The highest BCUT2D eigenvalue weighted by Crippen LogP contribution is 2.23. The third-order valence-electron chi connectivity index (χ3n) is 4.14. The molecule has 1 fully saturated rings. The molecule has 1 N–H and O–H groups in total. The van der Waals surface area contributed by atoms with E-state index in [1.54, 1.807) is 19.1 Å². The molecule has 0 radical (unpaired) electrons. The van der Waals surface area contributed by atoms with E-state index in [0.29, 0.717) is 17.1 Å². The first-order chi connectivity index (χ1) is 10.9. The lowest BCUT2D eigenvalue weighted by molar-refractivity contribution is 0.0946. The number of pyridine rings is 1. The average molecular weight is 336 g/mol. The first kappa shape index (κ1) is 16.0. The van der Waals surface area contributed by atoms with Crippen LogP contribution in [-0.4, -0.2) is 37.2 Å². The number of hydrogen-bond acceptors (Lipinski definition) is 5. The van der Waals surface area contributed by atoms with Crippen LogP contribution in [0.4, 0.5) is 0 Å². The number of nitrogens with zero attached hydrogens (tertiary/aromatic N) is 1. The summed E-state index contributed by atoms with van der Waals surface area (Å²) in [6.07, 6.45) is 6.17. The van der Waals surface area contributed by atoms with Gasteiger partial charge in [0.2, 0.25) is 5.88 Å². The number of ether oxygens (including phenoxy) is 1. The van der Waals surface area contributed by atoms with Crippen molar-refractivity contribution in [3.8, 4) is 5.88 Å². The lowest BCUT2D eigenvalue weighted by Gasteiger charge is -2.14. The summed E-state index contributed by atoms with van der Waals surface area (Å²) in [6, 6.07) is 2.89. The molecule has 0 saturated heterocycles. The minimum Gasteiger partial charge on any atom is -0.474 e. The maximum Gasteiger partial charge on any atom is 0.253 e. The average Bonchev–Trinajstić information content (AvgIpc) is 3.08. The monoisotopic (exact) mass is 336 g/mol. The van der Waals surface area contributed by atoms with Gasteiger partial charge in [-0.25, -0.2) is 13.4 Å². The minimum atomic E-state index is -3.18. The first-order valence-electron chi connectivity index (χ1n) is 7.79. The number of carbonyl (C=O) groups is 1. The Morgan fingerprint density at radius 2 is 2.04 bits per heavy atom. The molecule has 1 aliphatic carbocycles. The molecule has 1 aromatic heterocycles. The molecule has 23 heavy (non-hydrogen) atoms. The number of sulfone groups is 1. The van der Waals surface area contributed by atoms with Crippen LogP contribution in [0.3, 0.4) is 0 Å². The zero-order chi connectivity index (χ0) is 16.4. The van der Waals surface area contributed by atoms with Gasteiger partial charge in [-0.3, -0.25) is 4.79 Å². The van der Waals surface area contributed by atoms with Crippen LogP contribution in [0.25, 0.3) is 0 Å². The molecule has 1 aliphatic heterocycles. The number of aromatic nitrogens is 1. The van der Waals surface area contributed by atoms with Crippen LogP contribution < -0.4 is 10.1 Å². The Balaban J connectivity index is 1.65. The molecule has 1 saturated carbocycles. The topological polar surface area (TPSA) is 85.4 Å². The van der Waals surface area contributed by atoms with Gasteiger partial charge in [-0.15, -0.1) is 0 Å². The Bertz CT molecular complexity index is 736. The quantitative estimate of drug-likeness (QED) is 0.905. The van der Waals surface area contributed by atoms with Gasteiger partial charge in [0.25, 0.3) is 5.91 Å². The SMILES string of the molecule is Cc1nc(OC2CCCC2)ccc1C(=O)NC1C=CS(=O)(=O)C1. The van der Waals surface area contributed by atoms with E-state index in [4.69, 9.17) is 4.74 Å². The molecule has 124 valence electrons. The Kier molecular flexibility index (Phi) is 4.39. The van der Waals surface area contributed by atoms with E-state index in [-0.39, 0.29) is 17.8 Å². The summed E-state index contributed by atoms with van der Waals surface area (Å²) in [5, 5.41) is 3.84. The molecule has 1 unspecified atom stereocenters. The van der Waals surface area contributed by atoms with Crippen molar-refractivity contribution in [3.05, 3.63) is 34.9 Å². The van der Waals surface area contributed by atoms with E-state index >= 15 is 0 Å². The van der Waals surface area contributed by atoms with Crippen molar-refractivity contribution in [2.45, 2.75) is 44.8 Å². The molecular formula is C16H20N2O4S. The van der Waals surface area contributed by atoms with E-state index in [1.807, 2.05) is 0 Å². The van der Waals surface area contributed by atoms with Crippen molar-refractivity contribution in [2.75, 3.05) is 5.75 Å². The third kappa shape index (κ3) is 3.90. The van der Waals surface area contributed by atoms with Gasteiger partial charge in [-0.1, -0.05) is 0 Å². The van der Waals surface area contributed by atoms with Gasteiger partial charge in [-0.05, 0) is 44.7 Å². The molecular weight excluding hydrogens is 316 g/mol. The van der Waals surface area contributed by atoms with Gasteiger partial charge in [0, 0.05) is 11.5 Å². The lowest BCUT2D eigenvalue weighted by atomic mass is 10.2. The number of amides is 1. The minimum absolute atomic E-state index is 0.0892. The molecule has 1 amide bonds. The molecule has 6 nitrogen and oxygen atoms in total. The van der Waals surface area contributed by atoms with Crippen LogP contribution in [-0.2, 0) is 9.84 Å². The van der Waals surface area contributed by atoms with Gasteiger partial charge in [0.15, 0.2) is 9.84 Å². The highest BCUT2D eigenvalue weighted by atomic mass is 32.2. The van der Waals surface area contributed by atoms with Gasteiger partial charge in [0.1, 0.15) is 6.10 Å². The smallest absolute Gasteiger partial charge is 0.253 e. The number of aryl methyl sites for hydroxylation is 1. The van der Waals surface area contributed by atoms with Gasteiger partial charge in [-0.2, -0.15) is 0 Å². The maximum absolute atomic E-state index is 12.3. The number of carbonyl (C=O) groups excluding carboxylic acids is 1. The molecule has 3 rings (SSSR count). The Hall–Kier alpha value is -1.89. The maximum atomic E-state index is 12.3. The van der Waals surface area contributed by atoms with Crippen molar-refractivity contribution in [1.82, 2.24) is 10.3 Å². The van der Waals surface area contributed by atoms with Crippen molar-refractivity contribution in [2.24, 2.45) is 0 Å². The summed E-state index contributed by atoms with van der Waals surface area (Å²) < 4.78 is 28.6. The summed E-state index contributed by atoms with van der Waals surface area (Å²) in [5.41, 5.74) is 1.00. The fourth-order valence-corrected chi connectivity index (χ4v) is 4.17. The van der Waals surface area contributed by atoms with Crippen LogP contribution in [0, 0.1) is 6.92 Å². The third-order valence-corrected chi connectivity index (χ3v) is 5.54. The summed E-state index contributed by atoms with van der Waals surface area (Å²) in [4.78, 5) is 16.6. The highest BCUT2D eigenvalue weighted by molar-refractivity contribution is 7.94. The summed E-state index contributed by atoms with van der Waals surface area (Å²) in [5.74, 6) is 0.122. The highest BCUT2D eigenvalue weighted by Gasteiger charge is 2.24. The van der Waals surface area contributed by atoms with E-state index in [0.717, 1.165) is 18.2 Å². The van der Waals surface area contributed by atoms with Crippen molar-refractivity contribution >= 4 is 15.7 Å².